The second kappa shape index (κ2) is 7.89. The summed E-state index contributed by atoms with van der Waals surface area (Å²) in [4.78, 5) is 26.0. The maximum atomic E-state index is 14.8. The Balaban J connectivity index is 1.52. The molecular formula is C21H29FN4O3. The van der Waals surface area contributed by atoms with Crippen molar-refractivity contribution in [1.82, 2.24) is 19.9 Å². The van der Waals surface area contributed by atoms with Crippen LogP contribution in [0.3, 0.4) is 0 Å². The largest absolute Gasteiger partial charge is 0.444 e. The molecule has 0 unspecified atom stereocenters. The maximum Gasteiger partial charge on any atom is 0.410 e. The van der Waals surface area contributed by atoms with E-state index in [0.29, 0.717) is 42.7 Å². The highest BCUT2D eigenvalue weighted by Gasteiger charge is 2.31. The van der Waals surface area contributed by atoms with E-state index in [9.17, 15) is 9.18 Å². The molecule has 1 atom stereocenters. The number of fused-ring (bicyclic) bond motifs is 1. The SMILES string of the molecule is CC(C)(C)OC(=O)N1CCC(c2c(F)cnc3nc([C@H]4CCCCO4)[nH]c23)CC1. The van der Waals surface area contributed by atoms with Crippen molar-refractivity contribution in [3.8, 4) is 0 Å². The van der Waals surface area contributed by atoms with Crippen LogP contribution < -0.4 is 0 Å². The lowest BCUT2D eigenvalue weighted by molar-refractivity contribution is 0.0101. The van der Waals surface area contributed by atoms with Crippen LogP contribution in [-0.4, -0.2) is 51.2 Å². The molecule has 2 aliphatic rings. The average Bonchev–Trinajstić information content (AvgIpc) is 3.12. The van der Waals surface area contributed by atoms with Gasteiger partial charge in [0.15, 0.2) is 5.65 Å². The van der Waals surface area contributed by atoms with Crippen LogP contribution in [0, 0.1) is 5.82 Å². The molecule has 2 aromatic rings. The number of aromatic amines is 1. The standard InChI is InChI=1S/C21H29FN4O3/c1-21(2,3)29-20(27)26-9-7-13(8-10-26)16-14(22)12-23-19-17(16)24-18(25-19)15-6-4-5-11-28-15/h12-13,15H,4-11H2,1-3H3,(H,23,24,25)/t15-/m1/s1. The number of carbonyl (C=O) groups is 1. The van der Waals surface area contributed by atoms with Gasteiger partial charge in [-0.15, -0.1) is 0 Å². The summed E-state index contributed by atoms with van der Waals surface area (Å²) in [6.45, 7) is 7.36. The Labute approximate surface area is 170 Å². The number of aromatic nitrogens is 3. The monoisotopic (exact) mass is 404 g/mol. The zero-order valence-electron chi connectivity index (χ0n) is 17.3. The van der Waals surface area contributed by atoms with Gasteiger partial charge in [-0.05, 0) is 58.8 Å². The molecule has 2 aliphatic heterocycles. The number of nitrogens with zero attached hydrogens (tertiary/aromatic N) is 3. The van der Waals surface area contributed by atoms with E-state index in [0.717, 1.165) is 31.7 Å². The number of halogens is 1. The molecule has 2 saturated heterocycles. The number of pyridine rings is 1. The molecule has 2 fully saturated rings. The molecular weight excluding hydrogens is 375 g/mol. The molecule has 8 heteroatoms. The minimum absolute atomic E-state index is 0.000221. The second-order valence-electron chi connectivity index (χ2n) is 8.94. The van der Waals surface area contributed by atoms with Crippen molar-refractivity contribution in [2.45, 2.75) is 70.5 Å². The molecule has 0 spiro atoms. The van der Waals surface area contributed by atoms with Crippen LogP contribution >= 0.6 is 0 Å². The second-order valence-corrected chi connectivity index (χ2v) is 8.94. The third-order valence-electron chi connectivity index (χ3n) is 5.57. The van der Waals surface area contributed by atoms with Crippen molar-refractivity contribution in [3.63, 3.8) is 0 Å². The van der Waals surface area contributed by atoms with Crippen molar-refractivity contribution in [2.24, 2.45) is 0 Å². The van der Waals surface area contributed by atoms with Crippen molar-refractivity contribution in [3.05, 3.63) is 23.4 Å². The van der Waals surface area contributed by atoms with Crippen molar-refractivity contribution in [1.29, 1.82) is 0 Å². The van der Waals surface area contributed by atoms with E-state index in [-0.39, 0.29) is 23.9 Å². The number of likely N-dealkylation sites (tertiary alicyclic amines) is 1. The van der Waals surface area contributed by atoms with Gasteiger partial charge in [0.05, 0.1) is 11.7 Å². The van der Waals surface area contributed by atoms with Gasteiger partial charge in [0.1, 0.15) is 23.3 Å². The molecule has 29 heavy (non-hydrogen) atoms. The van der Waals surface area contributed by atoms with Gasteiger partial charge in [-0.2, -0.15) is 0 Å². The fraction of sp³-hybridized carbons (Fsp3) is 0.667. The maximum absolute atomic E-state index is 14.8. The fourth-order valence-electron chi connectivity index (χ4n) is 4.16. The highest BCUT2D eigenvalue weighted by molar-refractivity contribution is 5.76. The first kappa shape index (κ1) is 20.1. The zero-order valence-corrected chi connectivity index (χ0v) is 17.3. The fourth-order valence-corrected chi connectivity index (χ4v) is 4.16. The zero-order chi connectivity index (χ0) is 20.6. The van der Waals surface area contributed by atoms with Crippen LogP contribution in [0.25, 0.3) is 11.2 Å². The quantitative estimate of drug-likeness (QED) is 0.800. The van der Waals surface area contributed by atoms with Crippen molar-refractivity contribution < 1.29 is 18.7 Å². The third-order valence-corrected chi connectivity index (χ3v) is 5.57. The molecule has 1 N–H and O–H groups in total. The van der Waals surface area contributed by atoms with Gasteiger partial charge < -0.3 is 19.4 Å². The van der Waals surface area contributed by atoms with Gasteiger partial charge in [-0.3, -0.25) is 0 Å². The van der Waals surface area contributed by atoms with Crippen molar-refractivity contribution >= 4 is 17.3 Å². The summed E-state index contributed by atoms with van der Waals surface area (Å²) in [7, 11) is 0. The predicted octanol–water partition coefficient (Wildman–Crippen LogP) is 4.45. The number of amides is 1. The first-order chi connectivity index (χ1) is 13.8. The van der Waals surface area contributed by atoms with Gasteiger partial charge in [-0.25, -0.2) is 19.2 Å². The summed E-state index contributed by atoms with van der Waals surface area (Å²) >= 11 is 0. The summed E-state index contributed by atoms with van der Waals surface area (Å²) in [5, 5.41) is 0. The Bertz CT molecular complexity index is 878. The minimum atomic E-state index is -0.523. The Kier molecular flexibility index (Phi) is 5.46. The average molecular weight is 404 g/mol. The van der Waals surface area contributed by atoms with Crippen LogP contribution in [0.5, 0.6) is 0 Å². The van der Waals surface area contributed by atoms with Gasteiger partial charge in [-0.1, -0.05) is 0 Å². The lowest BCUT2D eigenvalue weighted by Gasteiger charge is -2.33. The normalized spacial score (nSPS) is 21.5. The van der Waals surface area contributed by atoms with Crippen molar-refractivity contribution in [2.75, 3.05) is 19.7 Å². The number of piperidine rings is 1. The summed E-state index contributed by atoms with van der Waals surface area (Å²) in [6, 6.07) is 0. The summed E-state index contributed by atoms with van der Waals surface area (Å²) in [6.07, 6.45) is 5.27. The molecule has 7 nitrogen and oxygen atoms in total. The first-order valence-electron chi connectivity index (χ1n) is 10.5. The summed E-state index contributed by atoms with van der Waals surface area (Å²) < 4.78 is 26.1. The lowest BCUT2D eigenvalue weighted by Crippen LogP contribution is -2.41. The number of hydrogen-bond donors (Lipinski definition) is 1. The Morgan fingerprint density at radius 3 is 2.69 bits per heavy atom. The van der Waals surface area contributed by atoms with Crippen LogP contribution in [-0.2, 0) is 9.47 Å². The highest BCUT2D eigenvalue weighted by atomic mass is 19.1. The van der Waals surface area contributed by atoms with Gasteiger partial charge in [0, 0.05) is 25.3 Å². The topological polar surface area (TPSA) is 80.3 Å². The van der Waals surface area contributed by atoms with Crippen LogP contribution in [0.4, 0.5) is 9.18 Å². The minimum Gasteiger partial charge on any atom is -0.444 e. The molecule has 1 amide bonds. The molecule has 0 radical (unpaired) electrons. The molecule has 4 rings (SSSR count). The van der Waals surface area contributed by atoms with E-state index in [1.165, 1.54) is 6.20 Å². The number of nitrogens with one attached hydrogen (secondary N) is 1. The number of imidazole rings is 1. The molecule has 2 aromatic heterocycles. The summed E-state index contributed by atoms with van der Waals surface area (Å²) in [5.41, 5.74) is 1.28. The van der Waals surface area contributed by atoms with E-state index in [1.807, 2.05) is 20.8 Å². The van der Waals surface area contributed by atoms with E-state index in [4.69, 9.17) is 9.47 Å². The molecule has 158 valence electrons. The molecule has 0 saturated carbocycles. The summed E-state index contributed by atoms with van der Waals surface area (Å²) in [5.74, 6) is 0.401. The van der Waals surface area contributed by atoms with Gasteiger partial charge in [0.25, 0.3) is 0 Å². The Morgan fingerprint density at radius 1 is 1.28 bits per heavy atom. The number of rotatable bonds is 2. The van der Waals surface area contributed by atoms with Gasteiger partial charge >= 0.3 is 6.09 Å². The predicted molar refractivity (Wildman–Crippen MR) is 106 cm³/mol. The van der Waals surface area contributed by atoms with Gasteiger partial charge in [0.2, 0.25) is 0 Å². The number of hydrogen-bond acceptors (Lipinski definition) is 5. The molecule has 0 aliphatic carbocycles. The van der Waals surface area contributed by atoms with Crippen LogP contribution in [0.2, 0.25) is 0 Å². The smallest absolute Gasteiger partial charge is 0.410 e. The third kappa shape index (κ3) is 4.37. The molecule has 0 bridgehead atoms. The molecule has 4 heterocycles. The van der Waals surface area contributed by atoms with Crippen LogP contribution in [0.15, 0.2) is 6.20 Å². The number of carbonyl (C=O) groups excluding carboxylic acids is 1. The Morgan fingerprint density at radius 2 is 2.03 bits per heavy atom. The number of H-pyrrole nitrogens is 1. The first-order valence-corrected chi connectivity index (χ1v) is 10.5. The van der Waals surface area contributed by atoms with E-state index < -0.39 is 5.60 Å². The Hall–Kier alpha value is -2.22. The lowest BCUT2D eigenvalue weighted by atomic mass is 9.89. The van der Waals surface area contributed by atoms with E-state index in [2.05, 4.69) is 15.0 Å². The highest BCUT2D eigenvalue weighted by Crippen LogP contribution is 2.35. The van der Waals surface area contributed by atoms with Crippen LogP contribution in [0.1, 0.15) is 76.3 Å². The van der Waals surface area contributed by atoms with E-state index >= 15 is 0 Å². The number of ether oxygens (including phenoxy) is 2. The molecule has 0 aromatic carbocycles. The van der Waals surface area contributed by atoms with E-state index in [1.54, 1.807) is 4.90 Å².